The molecule has 15 heavy (non-hydrogen) atoms. The van der Waals surface area contributed by atoms with Crippen LogP contribution in [0.4, 0.5) is 0 Å². The highest BCUT2D eigenvalue weighted by Gasteiger charge is 2.17. The molecule has 1 N–H and O–H groups in total. The standard InChI is InChI=1S/C13H18OS/c14-8-5-11-3-1-2-4-13(11)12-6-9-15-10-7-12/h1-4,12,14H,5-10H2. The number of benzene rings is 1. The number of hydrogen-bond donors (Lipinski definition) is 1. The molecule has 1 aromatic rings. The summed E-state index contributed by atoms with van der Waals surface area (Å²) in [7, 11) is 0. The van der Waals surface area contributed by atoms with Crippen LogP contribution in [-0.2, 0) is 6.42 Å². The van der Waals surface area contributed by atoms with E-state index in [0.717, 1.165) is 12.3 Å². The van der Waals surface area contributed by atoms with Crippen LogP contribution >= 0.6 is 11.8 Å². The third kappa shape index (κ3) is 2.76. The summed E-state index contributed by atoms with van der Waals surface area (Å²) < 4.78 is 0. The highest BCUT2D eigenvalue weighted by Crippen LogP contribution is 2.33. The second kappa shape index (κ2) is 5.57. The summed E-state index contributed by atoms with van der Waals surface area (Å²) in [4.78, 5) is 0. The van der Waals surface area contributed by atoms with Crippen molar-refractivity contribution in [2.24, 2.45) is 0 Å². The average molecular weight is 222 g/mol. The van der Waals surface area contributed by atoms with Crippen molar-refractivity contribution in [3.8, 4) is 0 Å². The summed E-state index contributed by atoms with van der Waals surface area (Å²) in [5.41, 5.74) is 2.82. The maximum absolute atomic E-state index is 9.04. The molecule has 0 aromatic heterocycles. The molecule has 2 heteroatoms. The van der Waals surface area contributed by atoms with Gasteiger partial charge in [0.2, 0.25) is 0 Å². The minimum atomic E-state index is 0.262. The normalized spacial score (nSPS) is 17.9. The van der Waals surface area contributed by atoms with Gasteiger partial charge in [-0.25, -0.2) is 0 Å². The lowest BCUT2D eigenvalue weighted by atomic mass is 9.89. The van der Waals surface area contributed by atoms with Gasteiger partial charge in [-0.1, -0.05) is 24.3 Å². The maximum Gasteiger partial charge on any atom is 0.0471 e. The van der Waals surface area contributed by atoms with E-state index in [9.17, 15) is 0 Å². The SMILES string of the molecule is OCCc1ccccc1C1CCSCC1. The number of hydrogen-bond acceptors (Lipinski definition) is 2. The van der Waals surface area contributed by atoms with E-state index in [1.165, 1.54) is 35.5 Å². The van der Waals surface area contributed by atoms with Gasteiger partial charge in [0.15, 0.2) is 0 Å². The summed E-state index contributed by atoms with van der Waals surface area (Å²) in [6.07, 6.45) is 3.40. The van der Waals surface area contributed by atoms with Gasteiger partial charge in [0.25, 0.3) is 0 Å². The zero-order valence-electron chi connectivity index (χ0n) is 8.98. The number of thioether (sulfide) groups is 1. The number of rotatable bonds is 3. The van der Waals surface area contributed by atoms with E-state index in [-0.39, 0.29) is 6.61 Å². The molecule has 1 aliphatic rings. The molecule has 1 heterocycles. The number of aliphatic hydroxyl groups is 1. The Kier molecular flexibility index (Phi) is 4.09. The summed E-state index contributed by atoms with van der Waals surface area (Å²) in [5, 5.41) is 9.04. The van der Waals surface area contributed by atoms with Crippen molar-refractivity contribution in [2.75, 3.05) is 18.1 Å². The average Bonchev–Trinajstić information content (AvgIpc) is 2.31. The van der Waals surface area contributed by atoms with Crippen molar-refractivity contribution < 1.29 is 5.11 Å². The van der Waals surface area contributed by atoms with Crippen molar-refractivity contribution in [3.63, 3.8) is 0 Å². The molecule has 2 rings (SSSR count). The molecule has 82 valence electrons. The van der Waals surface area contributed by atoms with Crippen LogP contribution < -0.4 is 0 Å². The smallest absolute Gasteiger partial charge is 0.0471 e. The maximum atomic E-state index is 9.04. The van der Waals surface area contributed by atoms with E-state index < -0.39 is 0 Å². The van der Waals surface area contributed by atoms with Gasteiger partial charge in [0.05, 0.1) is 0 Å². The van der Waals surface area contributed by atoms with Gasteiger partial charge >= 0.3 is 0 Å². The van der Waals surface area contributed by atoms with Crippen molar-refractivity contribution in [1.82, 2.24) is 0 Å². The van der Waals surface area contributed by atoms with Gasteiger partial charge in [0, 0.05) is 6.61 Å². The summed E-state index contributed by atoms with van der Waals surface area (Å²) in [6.45, 7) is 0.262. The molecule has 1 saturated heterocycles. The van der Waals surface area contributed by atoms with Crippen molar-refractivity contribution >= 4 is 11.8 Å². The van der Waals surface area contributed by atoms with Crippen molar-refractivity contribution in [3.05, 3.63) is 35.4 Å². The highest BCUT2D eigenvalue weighted by atomic mass is 32.2. The minimum absolute atomic E-state index is 0.262. The topological polar surface area (TPSA) is 20.2 Å². The van der Waals surface area contributed by atoms with Crippen molar-refractivity contribution in [1.29, 1.82) is 0 Å². The summed E-state index contributed by atoms with van der Waals surface area (Å²) in [5.74, 6) is 3.31. The fourth-order valence-corrected chi connectivity index (χ4v) is 3.40. The van der Waals surface area contributed by atoms with E-state index in [4.69, 9.17) is 5.11 Å². The first-order chi connectivity index (χ1) is 7.42. The van der Waals surface area contributed by atoms with Crippen LogP contribution in [0.15, 0.2) is 24.3 Å². The molecule has 1 aliphatic heterocycles. The van der Waals surface area contributed by atoms with Crippen LogP contribution in [0, 0.1) is 0 Å². The third-order valence-electron chi connectivity index (χ3n) is 3.10. The predicted octanol–water partition coefficient (Wildman–Crippen LogP) is 2.83. The molecule has 1 aromatic carbocycles. The van der Waals surface area contributed by atoms with Gasteiger partial charge in [-0.3, -0.25) is 0 Å². The lowest BCUT2D eigenvalue weighted by Crippen LogP contribution is -2.10. The molecule has 1 fully saturated rings. The first-order valence-electron chi connectivity index (χ1n) is 5.68. The Hall–Kier alpha value is -0.470. The lowest BCUT2D eigenvalue weighted by molar-refractivity contribution is 0.299. The minimum Gasteiger partial charge on any atom is -0.396 e. The van der Waals surface area contributed by atoms with E-state index in [1.807, 2.05) is 0 Å². The van der Waals surface area contributed by atoms with Gasteiger partial charge in [-0.2, -0.15) is 11.8 Å². The Morgan fingerprint density at radius 3 is 2.67 bits per heavy atom. The molecule has 0 atom stereocenters. The van der Waals surface area contributed by atoms with Crippen molar-refractivity contribution in [2.45, 2.75) is 25.2 Å². The third-order valence-corrected chi connectivity index (χ3v) is 4.15. The fraction of sp³-hybridized carbons (Fsp3) is 0.538. The van der Waals surface area contributed by atoms with Crippen LogP contribution in [-0.4, -0.2) is 23.2 Å². The first-order valence-corrected chi connectivity index (χ1v) is 6.83. The Bertz CT molecular complexity index is 305. The van der Waals surface area contributed by atoms with E-state index in [0.29, 0.717) is 0 Å². The van der Waals surface area contributed by atoms with Crippen LogP contribution in [0.1, 0.15) is 29.9 Å². The molecular weight excluding hydrogens is 204 g/mol. The Labute approximate surface area is 95.9 Å². The molecule has 0 aliphatic carbocycles. The molecule has 0 unspecified atom stereocenters. The van der Waals surface area contributed by atoms with E-state index >= 15 is 0 Å². The first kappa shape index (κ1) is 11.0. The Morgan fingerprint density at radius 1 is 1.20 bits per heavy atom. The lowest BCUT2D eigenvalue weighted by Gasteiger charge is -2.24. The number of aliphatic hydroxyl groups excluding tert-OH is 1. The summed E-state index contributed by atoms with van der Waals surface area (Å²) in [6, 6.07) is 8.60. The van der Waals surface area contributed by atoms with Gasteiger partial charge in [-0.15, -0.1) is 0 Å². The largest absolute Gasteiger partial charge is 0.396 e. The van der Waals surface area contributed by atoms with Crippen LogP contribution in [0.5, 0.6) is 0 Å². The summed E-state index contributed by atoms with van der Waals surface area (Å²) >= 11 is 2.06. The predicted molar refractivity (Wildman–Crippen MR) is 66.5 cm³/mol. The molecule has 0 saturated carbocycles. The second-order valence-electron chi connectivity index (χ2n) is 4.06. The Morgan fingerprint density at radius 2 is 1.93 bits per heavy atom. The molecular formula is C13H18OS. The molecule has 1 nitrogen and oxygen atoms in total. The molecule has 0 amide bonds. The van der Waals surface area contributed by atoms with Crippen LogP contribution in [0.2, 0.25) is 0 Å². The quantitative estimate of drug-likeness (QED) is 0.848. The highest BCUT2D eigenvalue weighted by molar-refractivity contribution is 7.99. The fourth-order valence-electron chi connectivity index (χ4n) is 2.29. The van der Waals surface area contributed by atoms with Crippen LogP contribution in [0.25, 0.3) is 0 Å². The molecule has 0 bridgehead atoms. The van der Waals surface area contributed by atoms with Gasteiger partial charge in [0.1, 0.15) is 0 Å². The Balaban J connectivity index is 2.17. The zero-order valence-corrected chi connectivity index (χ0v) is 9.80. The second-order valence-corrected chi connectivity index (χ2v) is 5.28. The monoisotopic (exact) mass is 222 g/mol. The zero-order chi connectivity index (χ0) is 10.5. The van der Waals surface area contributed by atoms with Crippen LogP contribution in [0.3, 0.4) is 0 Å². The van der Waals surface area contributed by atoms with Gasteiger partial charge < -0.3 is 5.11 Å². The molecule has 0 radical (unpaired) electrons. The van der Waals surface area contributed by atoms with Gasteiger partial charge in [-0.05, 0) is 47.8 Å². The van der Waals surface area contributed by atoms with E-state index in [2.05, 4.69) is 36.0 Å². The molecule has 0 spiro atoms. The van der Waals surface area contributed by atoms with E-state index in [1.54, 1.807) is 0 Å².